The molecule has 0 rings (SSSR count). The minimum Gasteiger partial charge on any atom is -0.460 e. The zero-order valence-electron chi connectivity index (χ0n) is 5.63. The van der Waals surface area contributed by atoms with E-state index in [9.17, 15) is 18.4 Å². The lowest BCUT2D eigenvalue weighted by molar-refractivity contribution is -0.170. The molecule has 0 fully saturated rings. The van der Waals surface area contributed by atoms with Gasteiger partial charge in [-0.3, -0.25) is 0 Å². The van der Waals surface area contributed by atoms with Gasteiger partial charge in [0.05, 0.1) is 6.61 Å². The summed E-state index contributed by atoms with van der Waals surface area (Å²) in [6.07, 6.45) is 0.571. The summed E-state index contributed by atoms with van der Waals surface area (Å²) in [4.78, 5) is 21.5. The minimum atomic E-state index is -4.10. The van der Waals surface area contributed by atoms with Crippen LogP contribution in [0.1, 0.15) is 6.92 Å². The Hall–Kier alpha value is -1.29. The van der Waals surface area contributed by atoms with Crippen molar-refractivity contribution in [2.75, 3.05) is 6.61 Å². The maximum absolute atomic E-state index is 12.1. The van der Waals surface area contributed by atoms with Crippen LogP contribution in [0.5, 0.6) is 0 Å². The van der Waals surface area contributed by atoms with Gasteiger partial charge >= 0.3 is 12.0 Å². The second kappa shape index (κ2) is 3.78. The molecule has 0 radical (unpaired) electrons. The minimum absolute atomic E-state index is 0.192. The lowest BCUT2D eigenvalue weighted by Gasteiger charge is -2.05. The average molecular weight is 165 g/mol. The Labute approximate surface area is 60.9 Å². The molecule has 6 heteroatoms. The fourth-order valence-electron chi connectivity index (χ4n) is 0.321. The number of ether oxygens (including phenoxy) is 1. The van der Waals surface area contributed by atoms with Gasteiger partial charge in [-0.05, 0) is 6.92 Å². The lowest BCUT2D eigenvalue weighted by atomic mass is 10.6. The van der Waals surface area contributed by atoms with Gasteiger partial charge in [0.2, 0.25) is 6.08 Å². The third-order valence-electron chi connectivity index (χ3n) is 0.707. The van der Waals surface area contributed by atoms with E-state index in [2.05, 4.69) is 4.74 Å². The standard InChI is InChI=1S/C5H5F2NO3/c1-2-11-4(10)5(6,7)8-3-9/h2H2,1H3. The van der Waals surface area contributed by atoms with Gasteiger partial charge in [0.1, 0.15) is 0 Å². The van der Waals surface area contributed by atoms with Gasteiger partial charge in [-0.2, -0.15) is 8.78 Å². The molecule has 0 atom stereocenters. The normalized spacial score (nSPS) is 10.1. The zero-order valence-corrected chi connectivity index (χ0v) is 5.63. The summed E-state index contributed by atoms with van der Waals surface area (Å²) in [7, 11) is 0. The number of halogens is 2. The van der Waals surface area contributed by atoms with Crippen molar-refractivity contribution in [1.29, 1.82) is 0 Å². The van der Waals surface area contributed by atoms with E-state index >= 15 is 0 Å². The average Bonchev–Trinajstić information content (AvgIpc) is 1.88. The number of hydrogen-bond acceptors (Lipinski definition) is 4. The molecule has 0 N–H and O–H groups in total. The highest BCUT2D eigenvalue weighted by Gasteiger charge is 2.40. The van der Waals surface area contributed by atoms with Crippen molar-refractivity contribution < 1.29 is 23.1 Å². The van der Waals surface area contributed by atoms with Crippen LogP contribution in [0, 0.1) is 0 Å². The van der Waals surface area contributed by atoms with Gasteiger partial charge in [-0.25, -0.2) is 9.59 Å². The first-order valence-corrected chi connectivity index (χ1v) is 2.68. The van der Waals surface area contributed by atoms with Crippen LogP contribution < -0.4 is 0 Å². The van der Waals surface area contributed by atoms with Crippen molar-refractivity contribution >= 4 is 12.0 Å². The molecule has 0 unspecified atom stereocenters. The van der Waals surface area contributed by atoms with Crippen LogP contribution >= 0.6 is 0 Å². The van der Waals surface area contributed by atoms with E-state index in [1.54, 1.807) is 0 Å². The Morgan fingerprint density at radius 2 is 2.27 bits per heavy atom. The third-order valence-corrected chi connectivity index (χ3v) is 0.707. The van der Waals surface area contributed by atoms with Gasteiger partial charge in [0, 0.05) is 0 Å². The molecule has 0 bridgehead atoms. The molecule has 0 amide bonds. The Morgan fingerprint density at radius 1 is 1.73 bits per heavy atom. The molecule has 0 aromatic carbocycles. The first-order chi connectivity index (χ1) is 5.04. The van der Waals surface area contributed by atoms with Gasteiger partial charge in [0.15, 0.2) is 0 Å². The van der Waals surface area contributed by atoms with Crippen molar-refractivity contribution in [2.24, 2.45) is 4.99 Å². The van der Waals surface area contributed by atoms with E-state index in [0.717, 1.165) is 0 Å². The Kier molecular flexibility index (Phi) is 3.33. The molecule has 0 aliphatic rings. The van der Waals surface area contributed by atoms with Crippen LogP contribution in [0.4, 0.5) is 8.78 Å². The number of hydrogen-bond donors (Lipinski definition) is 0. The van der Waals surface area contributed by atoms with Crippen LogP contribution in [-0.2, 0) is 14.3 Å². The summed E-state index contributed by atoms with van der Waals surface area (Å²) in [5.41, 5.74) is 0. The van der Waals surface area contributed by atoms with Crippen molar-refractivity contribution in [2.45, 2.75) is 13.0 Å². The Balaban J connectivity index is 4.29. The Morgan fingerprint density at radius 3 is 2.64 bits per heavy atom. The molecule has 0 aromatic rings. The molecular formula is C5H5F2NO3. The maximum atomic E-state index is 12.1. The highest BCUT2D eigenvalue weighted by molar-refractivity contribution is 5.78. The molecular weight excluding hydrogens is 160 g/mol. The summed E-state index contributed by atoms with van der Waals surface area (Å²) in [6.45, 7) is 1.17. The van der Waals surface area contributed by atoms with Crippen LogP contribution in [0.15, 0.2) is 4.99 Å². The van der Waals surface area contributed by atoms with E-state index in [4.69, 9.17) is 0 Å². The highest BCUT2D eigenvalue weighted by atomic mass is 19.3. The summed E-state index contributed by atoms with van der Waals surface area (Å²) in [5, 5.41) is 0. The van der Waals surface area contributed by atoms with E-state index in [1.807, 2.05) is 4.99 Å². The molecule has 62 valence electrons. The molecule has 11 heavy (non-hydrogen) atoms. The van der Waals surface area contributed by atoms with Gasteiger partial charge in [-0.15, -0.1) is 4.99 Å². The number of nitrogens with zero attached hydrogens (tertiary/aromatic N) is 1. The zero-order chi connectivity index (χ0) is 8.91. The Bertz CT molecular complexity index is 198. The predicted octanol–water partition coefficient (Wildman–Crippen LogP) is 0.478. The van der Waals surface area contributed by atoms with E-state index in [0.29, 0.717) is 6.08 Å². The van der Waals surface area contributed by atoms with E-state index in [1.165, 1.54) is 6.92 Å². The maximum Gasteiger partial charge on any atom is 0.450 e. The fourth-order valence-corrected chi connectivity index (χ4v) is 0.321. The quantitative estimate of drug-likeness (QED) is 0.264. The molecule has 0 aliphatic heterocycles. The second-order valence-corrected chi connectivity index (χ2v) is 1.46. The molecule has 0 aromatic heterocycles. The number of esters is 1. The number of carbonyl (C=O) groups is 1. The van der Waals surface area contributed by atoms with Crippen molar-refractivity contribution in [1.82, 2.24) is 0 Å². The number of rotatable bonds is 3. The smallest absolute Gasteiger partial charge is 0.450 e. The molecule has 0 saturated heterocycles. The van der Waals surface area contributed by atoms with Crippen molar-refractivity contribution in [3.63, 3.8) is 0 Å². The molecule has 0 spiro atoms. The summed E-state index contributed by atoms with van der Waals surface area (Å²) in [6, 6.07) is -4.10. The molecule has 0 saturated carbocycles. The summed E-state index contributed by atoms with van der Waals surface area (Å²) >= 11 is 0. The fraction of sp³-hybridized carbons (Fsp3) is 0.600. The van der Waals surface area contributed by atoms with Crippen molar-refractivity contribution in [3.05, 3.63) is 0 Å². The predicted molar refractivity (Wildman–Crippen MR) is 29.7 cm³/mol. The summed E-state index contributed by atoms with van der Waals surface area (Å²) < 4.78 is 28.1. The molecule has 0 heterocycles. The first-order valence-electron chi connectivity index (χ1n) is 2.68. The van der Waals surface area contributed by atoms with Crippen LogP contribution in [0.3, 0.4) is 0 Å². The molecule has 0 aliphatic carbocycles. The first kappa shape index (κ1) is 9.71. The molecule has 4 nitrogen and oxygen atoms in total. The number of alkyl halides is 2. The lowest BCUT2D eigenvalue weighted by Crippen LogP contribution is -2.28. The van der Waals surface area contributed by atoms with E-state index < -0.39 is 12.0 Å². The largest absolute Gasteiger partial charge is 0.460 e. The highest BCUT2D eigenvalue weighted by Crippen LogP contribution is 2.15. The van der Waals surface area contributed by atoms with Crippen LogP contribution in [-0.4, -0.2) is 24.7 Å². The summed E-state index contributed by atoms with van der Waals surface area (Å²) in [5.74, 6) is -1.84. The second-order valence-electron chi connectivity index (χ2n) is 1.46. The van der Waals surface area contributed by atoms with Crippen molar-refractivity contribution in [3.8, 4) is 0 Å². The van der Waals surface area contributed by atoms with Gasteiger partial charge < -0.3 is 4.74 Å². The monoisotopic (exact) mass is 165 g/mol. The van der Waals surface area contributed by atoms with Gasteiger partial charge in [-0.1, -0.05) is 0 Å². The SMILES string of the molecule is CCOC(=O)C(F)(F)N=C=O. The number of carbonyl (C=O) groups excluding carboxylic acids is 2. The van der Waals surface area contributed by atoms with Crippen LogP contribution in [0.25, 0.3) is 0 Å². The number of aliphatic imine (C=N–C) groups is 1. The van der Waals surface area contributed by atoms with E-state index in [-0.39, 0.29) is 6.61 Å². The number of isocyanates is 1. The van der Waals surface area contributed by atoms with Crippen LogP contribution in [0.2, 0.25) is 0 Å². The third kappa shape index (κ3) is 2.86. The van der Waals surface area contributed by atoms with Gasteiger partial charge in [0.25, 0.3) is 0 Å². The topological polar surface area (TPSA) is 55.7 Å².